The van der Waals surface area contributed by atoms with Gasteiger partial charge in [0, 0.05) is 39.0 Å². The van der Waals surface area contributed by atoms with Crippen molar-refractivity contribution in [2.24, 2.45) is 10.8 Å². The number of nitriles is 2. The van der Waals surface area contributed by atoms with Crippen LogP contribution in [0.25, 0.3) is 0 Å². The molecule has 0 aliphatic heterocycles. The summed E-state index contributed by atoms with van der Waals surface area (Å²) in [5.74, 6) is -0.565. The van der Waals surface area contributed by atoms with Crippen LogP contribution >= 0.6 is 24.4 Å². The molecular weight excluding hydrogens is 460 g/mol. The van der Waals surface area contributed by atoms with E-state index < -0.39 is 0 Å². The minimum absolute atomic E-state index is 0.242. The molecule has 0 aromatic rings. The van der Waals surface area contributed by atoms with Crippen LogP contribution in [0.3, 0.4) is 0 Å². The summed E-state index contributed by atoms with van der Waals surface area (Å²) < 4.78 is 0. The number of rotatable bonds is 14. The topological polar surface area (TPSA) is 154 Å². The van der Waals surface area contributed by atoms with Gasteiger partial charge in [-0.25, -0.2) is 0 Å². The van der Waals surface area contributed by atoms with E-state index in [0.717, 1.165) is 19.3 Å². The van der Waals surface area contributed by atoms with Crippen LogP contribution in [0.4, 0.5) is 0 Å². The number of nitrogens with one attached hydrogen (secondary N) is 6. The highest BCUT2D eigenvalue weighted by Crippen LogP contribution is 2.24. The van der Waals surface area contributed by atoms with Crippen LogP contribution in [0.2, 0.25) is 0 Å². The molecule has 0 spiro atoms. The lowest BCUT2D eigenvalue weighted by molar-refractivity contribution is -0.122. The standard InChI is InChI=1S/C21H36N8O2S2/c1-20(2,12-16(30)28-14-22)6-10-26-18(32)24-8-5-9-25-19(33)27-11-7-21(3,4)13-17(31)29-15-23/h5-13H2,1-4H3,(H,28,30)(H,29,31)(H2,24,26,32)(H2,25,27,33). The summed E-state index contributed by atoms with van der Waals surface area (Å²) in [4.78, 5) is 23.1. The van der Waals surface area contributed by atoms with Gasteiger partial charge in [-0.2, -0.15) is 10.5 Å². The van der Waals surface area contributed by atoms with Gasteiger partial charge in [0.1, 0.15) is 0 Å². The molecule has 0 bridgehead atoms. The van der Waals surface area contributed by atoms with Crippen LogP contribution in [0, 0.1) is 33.7 Å². The maximum absolute atomic E-state index is 11.5. The molecule has 184 valence electrons. The van der Waals surface area contributed by atoms with Gasteiger partial charge >= 0.3 is 0 Å². The van der Waals surface area contributed by atoms with Crippen LogP contribution in [0.1, 0.15) is 59.8 Å². The lowest BCUT2D eigenvalue weighted by atomic mass is 9.85. The van der Waals surface area contributed by atoms with Crippen molar-refractivity contribution in [2.45, 2.75) is 59.8 Å². The number of thiocarbonyl (C=S) groups is 2. The van der Waals surface area contributed by atoms with Crippen molar-refractivity contribution in [3.63, 3.8) is 0 Å². The van der Waals surface area contributed by atoms with Crippen molar-refractivity contribution in [2.75, 3.05) is 26.2 Å². The molecular formula is C21H36N8O2S2. The van der Waals surface area contributed by atoms with Crippen molar-refractivity contribution in [3.05, 3.63) is 0 Å². The summed E-state index contributed by atoms with van der Waals surface area (Å²) in [7, 11) is 0. The molecule has 0 saturated heterocycles. The van der Waals surface area contributed by atoms with E-state index in [2.05, 4.69) is 31.9 Å². The zero-order chi connectivity index (χ0) is 25.3. The van der Waals surface area contributed by atoms with Crippen LogP contribution in [-0.2, 0) is 9.59 Å². The predicted molar refractivity (Wildman–Crippen MR) is 135 cm³/mol. The van der Waals surface area contributed by atoms with Gasteiger partial charge in [0.05, 0.1) is 0 Å². The summed E-state index contributed by atoms with van der Waals surface area (Å²) in [5.41, 5.74) is -0.483. The Morgan fingerprint density at radius 3 is 1.36 bits per heavy atom. The van der Waals surface area contributed by atoms with Crippen molar-refractivity contribution in [1.29, 1.82) is 10.5 Å². The lowest BCUT2D eigenvalue weighted by Gasteiger charge is -2.24. The number of carbonyl (C=O) groups is 2. The molecule has 0 aromatic carbocycles. The summed E-state index contributed by atoms with van der Waals surface area (Å²) in [6, 6.07) is 0. The third-order valence-corrected chi connectivity index (χ3v) is 5.35. The molecule has 33 heavy (non-hydrogen) atoms. The Morgan fingerprint density at radius 2 is 1.03 bits per heavy atom. The Balaban J connectivity index is 3.86. The minimum Gasteiger partial charge on any atom is -0.363 e. The van der Waals surface area contributed by atoms with E-state index in [1.807, 2.05) is 27.7 Å². The summed E-state index contributed by atoms with van der Waals surface area (Å²) >= 11 is 10.5. The first-order valence-corrected chi connectivity index (χ1v) is 11.6. The van der Waals surface area contributed by atoms with Gasteiger partial charge in [0.25, 0.3) is 0 Å². The number of amides is 2. The van der Waals surface area contributed by atoms with Gasteiger partial charge < -0.3 is 21.3 Å². The molecule has 10 nitrogen and oxygen atoms in total. The first-order chi connectivity index (χ1) is 15.4. The number of hydrogen-bond acceptors (Lipinski definition) is 6. The largest absolute Gasteiger partial charge is 0.363 e. The number of nitrogens with zero attached hydrogens (tertiary/aromatic N) is 2. The zero-order valence-electron chi connectivity index (χ0n) is 19.9. The number of hydrogen-bond donors (Lipinski definition) is 6. The fourth-order valence-corrected chi connectivity index (χ4v) is 3.31. The van der Waals surface area contributed by atoms with Crippen molar-refractivity contribution in [1.82, 2.24) is 31.9 Å². The molecule has 6 N–H and O–H groups in total. The van der Waals surface area contributed by atoms with Gasteiger partial charge in [-0.3, -0.25) is 20.2 Å². The average molecular weight is 497 g/mol. The van der Waals surface area contributed by atoms with Crippen molar-refractivity contribution in [3.8, 4) is 12.4 Å². The van der Waals surface area contributed by atoms with E-state index in [-0.39, 0.29) is 35.5 Å². The molecule has 0 heterocycles. The first-order valence-electron chi connectivity index (χ1n) is 10.8. The van der Waals surface area contributed by atoms with Gasteiger partial charge in [-0.1, -0.05) is 27.7 Å². The molecule has 0 radical (unpaired) electrons. The summed E-state index contributed by atoms with van der Waals surface area (Å²) in [5, 5.41) is 34.9. The third-order valence-electron chi connectivity index (χ3n) is 4.77. The Hall–Kier alpha value is -2.70. The maximum atomic E-state index is 11.5. The van der Waals surface area contributed by atoms with Crippen molar-refractivity contribution >= 4 is 46.5 Å². The highest BCUT2D eigenvalue weighted by molar-refractivity contribution is 7.80. The lowest BCUT2D eigenvalue weighted by Crippen LogP contribution is -2.40. The van der Waals surface area contributed by atoms with Gasteiger partial charge in [-0.15, -0.1) is 0 Å². The minimum atomic E-state index is -0.283. The van der Waals surface area contributed by atoms with Gasteiger partial charge in [0.15, 0.2) is 22.6 Å². The number of carbonyl (C=O) groups excluding carboxylic acids is 2. The zero-order valence-corrected chi connectivity index (χ0v) is 21.5. The Bertz CT molecular complexity index is 694. The van der Waals surface area contributed by atoms with Crippen LogP contribution in [-0.4, -0.2) is 48.2 Å². The molecule has 0 unspecified atom stereocenters. The molecule has 0 aliphatic rings. The molecule has 2 amide bonds. The van der Waals surface area contributed by atoms with Gasteiger partial charge in [-0.05, 0) is 54.5 Å². The monoisotopic (exact) mass is 496 g/mol. The molecule has 12 heteroatoms. The van der Waals surface area contributed by atoms with E-state index >= 15 is 0 Å². The van der Waals surface area contributed by atoms with E-state index in [4.69, 9.17) is 35.0 Å². The second kappa shape index (κ2) is 16.0. The normalized spacial score (nSPS) is 10.7. The Kier molecular flexibility index (Phi) is 14.7. The second-order valence-electron chi connectivity index (χ2n) is 9.22. The van der Waals surface area contributed by atoms with E-state index in [0.29, 0.717) is 36.4 Å². The van der Waals surface area contributed by atoms with Crippen LogP contribution < -0.4 is 31.9 Å². The van der Waals surface area contributed by atoms with E-state index in [1.54, 1.807) is 12.4 Å². The average Bonchev–Trinajstić information content (AvgIpc) is 2.66. The summed E-state index contributed by atoms with van der Waals surface area (Å²) in [6.07, 6.45) is 6.11. The molecule has 0 fully saturated rings. The predicted octanol–water partition coefficient (Wildman–Crippen LogP) is 1.11. The van der Waals surface area contributed by atoms with Crippen LogP contribution in [0.15, 0.2) is 0 Å². The Morgan fingerprint density at radius 1 is 0.697 bits per heavy atom. The summed E-state index contributed by atoms with van der Waals surface area (Å²) in [6.45, 7) is 10.5. The smallest absolute Gasteiger partial charge is 0.233 e. The molecule has 0 aliphatic carbocycles. The molecule has 0 rings (SSSR count). The molecule has 0 atom stereocenters. The highest BCUT2D eigenvalue weighted by Gasteiger charge is 2.22. The fourth-order valence-electron chi connectivity index (χ4n) is 2.91. The quantitative estimate of drug-likeness (QED) is 0.0892. The van der Waals surface area contributed by atoms with Crippen molar-refractivity contribution < 1.29 is 9.59 Å². The molecule has 0 aromatic heterocycles. The maximum Gasteiger partial charge on any atom is 0.233 e. The van der Waals surface area contributed by atoms with E-state index in [1.165, 1.54) is 0 Å². The van der Waals surface area contributed by atoms with Gasteiger partial charge in [0.2, 0.25) is 11.8 Å². The Labute approximate surface area is 207 Å². The SMILES string of the molecule is CC(C)(CCNC(=S)NCCCNC(=S)NCCC(C)(C)CC(=O)NC#N)CC(=O)NC#N. The fraction of sp³-hybridized carbons (Fsp3) is 0.714. The van der Waals surface area contributed by atoms with E-state index in [9.17, 15) is 9.59 Å². The third kappa shape index (κ3) is 17.5. The van der Waals surface area contributed by atoms with Crippen LogP contribution in [0.5, 0.6) is 0 Å². The highest BCUT2D eigenvalue weighted by atomic mass is 32.1. The first kappa shape index (κ1) is 30.3. The second-order valence-corrected chi connectivity index (χ2v) is 10.0. The molecule has 0 saturated carbocycles.